The Morgan fingerprint density at radius 1 is 0.271 bits per heavy atom. The second-order valence-corrected chi connectivity index (χ2v) is 19.9. The summed E-state index contributed by atoms with van der Waals surface area (Å²) in [5.74, 6) is 0. The van der Waals surface area contributed by atoms with Gasteiger partial charge in [0.2, 0.25) is 0 Å². The van der Waals surface area contributed by atoms with Crippen LogP contribution >= 0.6 is 90.7 Å². The Hall–Kier alpha value is -3.44. The van der Waals surface area contributed by atoms with Crippen LogP contribution in [-0.2, 0) is 0 Å². The van der Waals surface area contributed by atoms with Crippen molar-refractivity contribution in [1.82, 2.24) is 0 Å². The van der Waals surface area contributed by atoms with E-state index in [9.17, 15) is 0 Å². The molecule has 11 rings (SSSR count). The van der Waals surface area contributed by atoms with Crippen molar-refractivity contribution in [3.05, 3.63) is 120 Å². The minimum absolute atomic E-state index is 1.34. The second-order valence-electron chi connectivity index (χ2n) is 11.6. The largest absolute Gasteiger partial charge is 0.143 e. The predicted octanol–water partition coefficient (Wildman–Crippen LogP) is 16.2. The topological polar surface area (TPSA) is 0 Å². The number of benzene rings is 3. The lowest BCUT2D eigenvalue weighted by molar-refractivity contribution is 1.89. The zero-order valence-electron chi connectivity index (χ0n) is 24.8. The lowest BCUT2D eigenvalue weighted by Crippen LogP contribution is -1.81. The Bertz CT molecular complexity index is 2690. The molecule has 0 aliphatic carbocycles. The number of rotatable bonds is 6. The van der Waals surface area contributed by atoms with Gasteiger partial charge in [0.1, 0.15) is 0 Å². The van der Waals surface area contributed by atoms with E-state index in [1.807, 2.05) is 90.7 Å². The van der Waals surface area contributed by atoms with Crippen LogP contribution < -0.4 is 0 Å². The minimum Gasteiger partial charge on any atom is -0.143 e. The van der Waals surface area contributed by atoms with Gasteiger partial charge in [-0.3, -0.25) is 0 Å². The molecule has 0 spiro atoms. The lowest BCUT2D eigenvalue weighted by Gasteiger charge is -2.08. The highest BCUT2D eigenvalue weighted by molar-refractivity contribution is 7.31. The first-order chi connectivity index (χ1) is 23.8. The molecule has 0 atom stereocenters. The molecule has 8 heterocycles. The van der Waals surface area contributed by atoms with Crippen molar-refractivity contribution in [2.75, 3.05) is 0 Å². The monoisotopic (exact) mass is 756 g/mol. The first-order valence-electron chi connectivity index (χ1n) is 15.4. The smallest absolute Gasteiger partial charge is 0.0534 e. The summed E-state index contributed by atoms with van der Waals surface area (Å²) in [5.41, 5.74) is 0. The quantitative estimate of drug-likeness (QED) is 0.148. The van der Waals surface area contributed by atoms with Crippen molar-refractivity contribution >= 4 is 132 Å². The van der Waals surface area contributed by atoms with E-state index < -0.39 is 0 Å². The highest BCUT2D eigenvalue weighted by Crippen LogP contribution is 2.55. The van der Waals surface area contributed by atoms with E-state index in [1.165, 1.54) is 100 Å². The summed E-state index contributed by atoms with van der Waals surface area (Å²) < 4.78 is 2.74. The maximum Gasteiger partial charge on any atom is 0.0534 e. The highest BCUT2D eigenvalue weighted by atomic mass is 32.1. The molecule has 48 heavy (non-hydrogen) atoms. The van der Waals surface area contributed by atoms with Gasteiger partial charge in [-0.2, -0.15) is 0 Å². The van der Waals surface area contributed by atoms with Gasteiger partial charge in [-0.25, -0.2) is 0 Å². The van der Waals surface area contributed by atoms with Gasteiger partial charge >= 0.3 is 0 Å². The van der Waals surface area contributed by atoms with E-state index in [4.69, 9.17) is 0 Å². The molecule has 0 aliphatic rings. The van der Waals surface area contributed by atoms with Crippen molar-refractivity contribution in [3.63, 3.8) is 0 Å². The summed E-state index contributed by atoms with van der Waals surface area (Å²) in [6.07, 6.45) is 0. The molecule has 0 saturated carbocycles. The number of hydrogen-bond acceptors (Lipinski definition) is 8. The number of thiophene rings is 8. The third kappa shape index (κ3) is 4.31. The third-order valence-corrected chi connectivity index (χ3v) is 18.4. The van der Waals surface area contributed by atoms with Crippen LogP contribution in [0, 0.1) is 0 Å². The van der Waals surface area contributed by atoms with Gasteiger partial charge in [0.25, 0.3) is 0 Å². The summed E-state index contributed by atoms with van der Waals surface area (Å²) in [5, 5.41) is 12.7. The Labute approximate surface area is 308 Å². The molecule has 0 radical (unpaired) electrons. The van der Waals surface area contributed by atoms with Crippen molar-refractivity contribution < 1.29 is 0 Å². The predicted molar refractivity (Wildman–Crippen MR) is 223 cm³/mol. The molecule has 8 aromatic heterocycles. The molecule has 11 aromatic rings. The SMILES string of the molecule is c1csc(-c2ccc(-c3ccc(-c4sc5cccc6c7c(-c8ccc(-c9ccc(-c%10cccs%10)s9)s8)sc8cccc(c4c56)c87)s3)s2)c1. The van der Waals surface area contributed by atoms with Gasteiger partial charge in [0.05, 0.1) is 9.75 Å². The summed E-state index contributed by atoms with van der Waals surface area (Å²) in [6, 6.07) is 41.1. The van der Waals surface area contributed by atoms with E-state index in [2.05, 4.69) is 120 Å². The fourth-order valence-electron chi connectivity index (χ4n) is 6.80. The Morgan fingerprint density at radius 2 is 0.646 bits per heavy atom. The van der Waals surface area contributed by atoms with Crippen molar-refractivity contribution in [1.29, 1.82) is 0 Å². The van der Waals surface area contributed by atoms with Gasteiger partial charge in [-0.05, 0) is 94.3 Å². The molecule has 0 unspecified atom stereocenters. The van der Waals surface area contributed by atoms with Crippen LogP contribution in [0.1, 0.15) is 0 Å². The Kier molecular flexibility index (Phi) is 6.53. The molecule has 0 saturated heterocycles. The summed E-state index contributed by atoms with van der Waals surface area (Å²) in [4.78, 5) is 16.3. The van der Waals surface area contributed by atoms with Crippen LogP contribution in [-0.4, -0.2) is 0 Å². The molecule has 0 bridgehead atoms. The maximum atomic E-state index is 2.36. The molecule has 3 aromatic carbocycles. The second kappa shape index (κ2) is 11.0. The van der Waals surface area contributed by atoms with Gasteiger partial charge in [-0.15, -0.1) is 90.7 Å². The average molecular weight is 757 g/mol. The van der Waals surface area contributed by atoms with E-state index >= 15 is 0 Å². The van der Waals surface area contributed by atoms with Gasteiger partial charge < -0.3 is 0 Å². The first kappa shape index (κ1) is 28.4. The standard InChI is InChI=1S/C40H20S8/c1-5-21-35-31(7-1)47-40(34-18-16-30(46-34)28-14-12-26(44-28)24-10-4-20-42-24)38(35)22-6-2-8-32-36(22)37(21)39(48-32)33-17-15-29(45-33)27-13-11-25(43-27)23-9-3-19-41-23/h1-20H. The molecular weight excluding hydrogens is 737 g/mol. The van der Waals surface area contributed by atoms with E-state index in [0.29, 0.717) is 0 Å². The van der Waals surface area contributed by atoms with E-state index in [0.717, 1.165) is 0 Å². The van der Waals surface area contributed by atoms with Gasteiger partial charge in [-0.1, -0.05) is 36.4 Å². The van der Waals surface area contributed by atoms with Gasteiger partial charge in [0.15, 0.2) is 0 Å². The van der Waals surface area contributed by atoms with Crippen LogP contribution in [0.5, 0.6) is 0 Å². The summed E-state index contributed by atoms with van der Waals surface area (Å²) in [6.45, 7) is 0. The molecule has 0 fully saturated rings. The average Bonchev–Trinajstić information content (AvgIpc) is 3.97. The van der Waals surface area contributed by atoms with Crippen LogP contribution in [0.2, 0.25) is 0 Å². The van der Waals surface area contributed by atoms with E-state index in [1.54, 1.807) is 0 Å². The van der Waals surface area contributed by atoms with Crippen molar-refractivity contribution in [2.45, 2.75) is 0 Å². The zero-order valence-corrected chi connectivity index (χ0v) is 31.3. The van der Waals surface area contributed by atoms with Crippen molar-refractivity contribution in [2.24, 2.45) is 0 Å². The van der Waals surface area contributed by atoms with Crippen LogP contribution in [0.15, 0.2) is 120 Å². The molecule has 8 heteroatoms. The fourth-order valence-corrected chi connectivity index (χ4v) is 15.4. The molecule has 0 N–H and O–H groups in total. The normalized spacial score (nSPS) is 12.2. The van der Waals surface area contributed by atoms with Crippen LogP contribution in [0.4, 0.5) is 0 Å². The number of hydrogen-bond donors (Lipinski definition) is 0. The summed E-state index contributed by atoms with van der Waals surface area (Å²) in [7, 11) is 0. The molecule has 228 valence electrons. The van der Waals surface area contributed by atoms with Crippen LogP contribution in [0.3, 0.4) is 0 Å². The molecule has 0 amide bonds. The minimum atomic E-state index is 1.34. The fraction of sp³-hybridized carbons (Fsp3) is 0. The van der Waals surface area contributed by atoms with E-state index in [-0.39, 0.29) is 0 Å². The molecule has 0 nitrogen and oxygen atoms in total. The Morgan fingerprint density at radius 3 is 1.04 bits per heavy atom. The van der Waals surface area contributed by atoms with Crippen molar-refractivity contribution in [3.8, 4) is 58.5 Å². The highest BCUT2D eigenvalue weighted by Gasteiger charge is 2.24. The zero-order chi connectivity index (χ0) is 31.3. The molecular formula is C40H20S8. The molecule has 0 aliphatic heterocycles. The van der Waals surface area contributed by atoms with Gasteiger partial charge in [0, 0.05) is 79.7 Å². The first-order valence-corrected chi connectivity index (χ1v) is 22.0. The maximum absolute atomic E-state index is 2.36. The summed E-state index contributed by atoms with van der Waals surface area (Å²) >= 11 is 15.2. The van der Waals surface area contributed by atoms with Crippen LogP contribution in [0.25, 0.3) is 100 Å². The lowest BCUT2D eigenvalue weighted by atomic mass is 9.94. The third-order valence-electron chi connectivity index (χ3n) is 8.85. The number of fused-ring (bicyclic) bond motifs is 2. The Balaban J connectivity index is 1.06.